The van der Waals surface area contributed by atoms with Crippen molar-refractivity contribution in [2.45, 2.75) is 20.3 Å². The number of methoxy groups -OCH3 is 1. The van der Waals surface area contributed by atoms with E-state index in [0.29, 0.717) is 16.2 Å². The van der Waals surface area contributed by atoms with Gasteiger partial charge in [-0.2, -0.15) is 0 Å². The predicted octanol–water partition coefficient (Wildman–Crippen LogP) is 4.26. The minimum atomic E-state index is -0.964. The SMILES string of the molecule is COc1cc2sc(C(=O)C[C@H](C)C(=O)O)cc2c2cc(C)oc12. The van der Waals surface area contributed by atoms with Gasteiger partial charge in [0.05, 0.1) is 17.9 Å². The number of aryl methyl sites for hydroxylation is 1. The first-order valence-electron chi connectivity index (χ1n) is 7.17. The molecule has 0 bridgehead atoms. The lowest BCUT2D eigenvalue weighted by Gasteiger charge is -2.02. The zero-order chi connectivity index (χ0) is 16.7. The van der Waals surface area contributed by atoms with Crippen molar-refractivity contribution < 1.29 is 23.8 Å². The molecule has 0 spiro atoms. The Morgan fingerprint density at radius 2 is 2.04 bits per heavy atom. The molecule has 0 unspecified atom stereocenters. The van der Waals surface area contributed by atoms with Crippen LogP contribution in [0.3, 0.4) is 0 Å². The number of ketones is 1. The van der Waals surface area contributed by atoms with Crippen molar-refractivity contribution >= 4 is 44.1 Å². The molecule has 0 saturated carbocycles. The number of furan rings is 1. The van der Waals surface area contributed by atoms with Crippen molar-refractivity contribution in [1.82, 2.24) is 0 Å². The van der Waals surface area contributed by atoms with Crippen molar-refractivity contribution in [3.8, 4) is 5.75 Å². The maximum absolute atomic E-state index is 12.3. The van der Waals surface area contributed by atoms with Gasteiger partial charge in [0.25, 0.3) is 0 Å². The van der Waals surface area contributed by atoms with Crippen molar-refractivity contribution in [2.24, 2.45) is 5.92 Å². The highest BCUT2D eigenvalue weighted by atomic mass is 32.1. The van der Waals surface area contributed by atoms with Crippen LogP contribution in [0.15, 0.2) is 22.6 Å². The van der Waals surface area contributed by atoms with Crippen LogP contribution in [0.4, 0.5) is 0 Å². The number of benzene rings is 1. The van der Waals surface area contributed by atoms with Crippen molar-refractivity contribution in [1.29, 1.82) is 0 Å². The number of aliphatic carboxylic acids is 1. The van der Waals surface area contributed by atoms with Gasteiger partial charge in [-0.15, -0.1) is 11.3 Å². The maximum atomic E-state index is 12.3. The van der Waals surface area contributed by atoms with Crippen molar-refractivity contribution in [2.75, 3.05) is 7.11 Å². The van der Waals surface area contributed by atoms with Crippen LogP contribution in [0.5, 0.6) is 5.75 Å². The Morgan fingerprint density at radius 1 is 1.30 bits per heavy atom. The van der Waals surface area contributed by atoms with E-state index in [1.54, 1.807) is 7.11 Å². The number of carboxylic acids is 1. The summed E-state index contributed by atoms with van der Waals surface area (Å²) in [6.07, 6.45) is -0.00710. The number of Topliss-reactive ketones (excluding diaryl/α,β-unsaturated/α-hetero) is 1. The van der Waals surface area contributed by atoms with Crippen LogP contribution in [-0.2, 0) is 4.79 Å². The van der Waals surface area contributed by atoms with Gasteiger partial charge in [-0.1, -0.05) is 6.92 Å². The second-order valence-corrected chi connectivity index (χ2v) is 6.65. The number of hydrogen-bond donors (Lipinski definition) is 1. The predicted molar refractivity (Wildman–Crippen MR) is 88.6 cm³/mol. The van der Waals surface area contributed by atoms with Crippen molar-refractivity contribution in [3.63, 3.8) is 0 Å². The maximum Gasteiger partial charge on any atom is 0.306 e. The van der Waals surface area contributed by atoms with Crippen LogP contribution >= 0.6 is 11.3 Å². The first-order valence-corrected chi connectivity index (χ1v) is 7.99. The van der Waals surface area contributed by atoms with Gasteiger partial charge in [-0.05, 0) is 19.1 Å². The molecule has 6 heteroatoms. The molecule has 0 radical (unpaired) electrons. The van der Waals surface area contributed by atoms with E-state index < -0.39 is 11.9 Å². The average Bonchev–Trinajstić information content (AvgIpc) is 3.08. The summed E-state index contributed by atoms with van der Waals surface area (Å²) in [5, 5.41) is 10.8. The van der Waals surface area contributed by atoms with E-state index in [4.69, 9.17) is 14.3 Å². The average molecular weight is 332 g/mol. The van der Waals surface area contributed by atoms with Gasteiger partial charge in [0.2, 0.25) is 0 Å². The fraction of sp³-hybridized carbons (Fsp3) is 0.294. The highest BCUT2D eigenvalue weighted by Crippen LogP contribution is 2.39. The van der Waals surface area contributed by atoms with E-state index in [2.05, 4.69) is 0 Å². The lowest BCUT2D eigenvalue weighted by Crippen LogP contribution is -2.13. The van der Waals surface area contributed by atoms with E-state index in [0.717, 1.165) is 21.2 Å². The van der Waals surface area contributed by atoms with Crippen LogP contribution in [0.2, 0.25) is 0 Å². The summed E-state index contributed by atoms with van der Waals surface area (Å²) in [6, 6.07) is 5.58. The summed E-state index contributed by atoms with van der Waals surface area (Å²) >= 11 is 1.35. The van der Waals surface area contributed by atoms with E-state index in [1.807, 2.05) is 25.1 Å². The molecule has 0 aliphatic rings. The molecule has 120 valence electrons. The van der Waals surface area contributed by atoms with E-state index >= 15 is 0 Å². The van der Waals surface area contributed by atoms with Gasteiger partial charge in [0, 0.05) is 28.0 Å². The van der Waals surface area contributed by atoms with Crippen molar-refractivity contribution in [3.05, 3.63) is 28.8 Å². The van der Waals surface area contributed by atoms with Gasteiger partial charge in [-0.25, -0.2) is 0 Å². The minimum absolute atomic E-state index is 0.00710. The van der Waals surface area contributed by atoms with Crippen LogP contribution in [0.1, 0.15) is 28.8 Å². The van der Waals surface area contributed by atoms with Crippen LogP contribution < -0.4 is 4.74 Å². The van der Waals surface area contributed by atoms with Gasteiger partial charge >= 0.3 is 5.97 Å². The Hall–Kier alpha value is -2.34. The molecule has 0 amide bonds. The molecule has 1 aromatic carbocycles. The molecule has 0 fully saturated rings. The summed E-state index contributed by atoms with van der Waals surface area (Å²) in [5.74, 6) is -0.425. The van der Waals surface area contributed by atoms with E-state index in [9.17, 15) is 9.59 Å². The molecule has 3 rings (SSSR count). The number of carbonyl (C=O) groups excluding carboxylic acids is 1. The molecule has 0 aliphatic heterocycles. The number of fused-ring (bicyclic) bond motifs is 3. The van der Waals surface area contributed by atoms with E-state index in [1.165, 1.54) is 18.3 Å². The largest absolute Gasteiger partial charge is 0.493 e. The normalized spacial score (nSPS) is 12.7. The molecule has 0 aliphatic carbocycles. The zero-order valence-corrected chi connectivity index (χ0v) is 13.8. The fourth-order valence-electron chi connectivity index (χ4n) is 2.56. The molecule has 5 nitrogen and oxygen atoms in total. The number of carbonyl (C=O) groups is 2. The summed E-state index contributed by atoms with van der Waals surface area (Å²) in [6.45, 7) is 3.40. The van der Waals surface area contributed by atoms with Gasteiger partial charge in [0.15, 0.2) is 17.1 Å². The fourth-order valence-corrected chi connectivity index (χ4v) is 3.62. The lowest BCUT2D eigenvalue weighted by atomic mass is 10.0. The van der Waals surface area contributed by atoms with Crippen LogP contribution in [0, 0.1) is 12.8 Å². The molecule has 2 heterocycles. The Balaban J connectivity index is 2.10. The zero-order valence-electron chi connectivity index (χ0n) is 13.0. The Labute approximate surface area is 136 Å². The van der Waals surface area contributed by atoms with Gasteiger partial charge in [0.1, 0.15) is 5.76 Å². The molecule has 23 heavy (non-hydrogen) atoms. The highest BCUT2D eigenvalue weighted by Gasteiger charge is 2.20. The van der Waals surface area contributed by atoms with Crippen LogP contribution in [-0.4, -0.2) is 24.0 Å². The first-order chi connectivity index (χ1) is 10.9. The Morgan fingerprint density at radius 3 is 2.70 bits per heavy atom. The number of thiophene rings is 1. The quantitative estimate of drug-likeness (QED) is 0.707. The standard InChI is InChI=1S/C17H16O5S/c1-8(17(19)20)4-12(18)15-6-10-11-5-9(2)22-16(11)13(21-3)7-14(10)23-15/h5-8H,4H2,1-3H3,(H,19,20)/t8-/m0/s1. The molecule has 1 N–H and O–H groups in total. The molecule has 1 atom stereocenters. The van der Waals surface area contributed by atoms with Gasteiger partial charge < -0.3 is 14.3 Å². The minimum Gasteiger partial charge on any atom is -0.493 e. The second kappa shape index (κ2) is 5.70. The van der Waals surface area contributed by atoms with Gasteiger partial charge in [-0.3, -0.25) is 9.59 Å². The second-order valence-electron chi connectivity index (χ2n) is 5.57. The Bertz CT molecular complexity index is 918. The highest BCUT2D eigenvalue weighted by molar-refractivity contribution is 7.21. The third-order valence-corrected chi connectivity index (χ3v) is 4.92. The number of rotatable bonds is 5. The topological polar surface area (TPSA) is 76.7 Å². The third kappa shape index (κ3) is 2.70. The third-order valence-electron chi connectivity index (χ3n) is 3.80. The van der Waals surface area contributed by atoms with Crippen LogP contribution in [0.25, 0.3) is 21.1 Å². The number of ether oxygens (including phenoxy) is 1. The molecule has 3 aromatic rings. The number of carboxylic acid groups (broad SMARTS) is 1. The molecule has 2 aromatic heterocycles. The summed E-state index contributed by atoms with van der Waals surface area (Å²) in [4.78, 5) is 23.8. The number of hydrogen-bond acceptors (Lipinski definition) is 5. The molecular formula is C17H16O5S. The monoisotopic (exact) mass is 332 g/mol. The Kier molecular flexibility index (Phi) is 3.85. The summed E-state index contributed by atoms with van der Waals surface area (Å²) in [7, 11) is 1.58. The summed E-state index contributed by atoms with van der Waals surface area (Å²) in [5.41, 5.74) is 0.660. The smallest absolute Gasteiger partial charge is 0.306 e. The molecule has 0 saturated heterocycles. The van der Waals surface area contributed by atoms with E-state index in [-0.39, 0.29) is 12.2 Å². The molecular weight excluding hydrogens is 316 g/mol. The lowest BCUT2D eigenvalue weighted by molar-refractivity contribution is -0.141. The summed E-state index contributed by atoms with van der Waals surface area (Å²) < 4.78 is 12.0. The first kappa shape index (κ1) is 15.6.